The zero-order valence-electron chi connectivity index (χ0n) is 20.3. The van der Waals surface area contributed by atoms with Crippen molar-refractivity contribution in [1.82, 2.24) is 9.80 Å². The maximum absolute atomic E-state index is 13.1. The van der Waals surface area contributed by atoms with Crippen molar-refractivity contribution in [2.24, 2.45) is 11.8 Å². The normalized spacial score (nSPS) is 22.0. The molecule has 1 saturated carbocycles. The molecule has 1 aliphatic heterocycles. The minimum Gasteiger partial charge on any atom is -0.444 e. The van der Waals surface area contributed by atoms with Crippen LogP contribution in [0.4, 0.5) is 10.5 Å². The van der Waals surface area contributed by atoms with Crippen LogP contribution in [-0.2, 0) is 9.53 Å². The van der Waals surface area contributed by atoms with E-state index in [0.717, 1.165) is 57.2 Å². The molecule has 0 spiro atoms. The summed E-state index contributed by atoms with van der Waals surface area (Å²) >= 11 is 0. The number of piperidine rings is 1. The number of hydrogen-bond acceptors (Lipinski definition) is 5. The molecular formula is C25H37N3O5. The molecule has 8 nitrogen and oxygen atoms in total. The molecule has 2 amide bonds. The van der Waals surface area contributed by atoms with Crippen molar-refractivity contribution >= 4 is 17.7 Å². The molecule has 0 bridgehead atoms. The molecule has 3 rings (SSSR count). The summed E-state index contributed by atoms with van der Waals surface area (Å²) in [5.41, 5.74) is 0.725. The molecule has 2 aliphatic rings. The van der Waals surface area contributed by atoms with Crippen LogP contribution in [0.5, 0.6) is 0 Å². The minimum absolute atomic E-state index is 0.0732. The minimum atomic E-state index is -0.499. The molecule has 1 aromatic carbocycles. The van der Waals surface area contributed by atoms with E-state index in [1.165, 1.54) is 0 Å². The van der Waals surface area contributed by atoms with E-state index in [1.807, 2.05) is 37.8 Å². The van der Waals surface area contributed by atoms with Crippen molar-refractivity contribution in [3.63, 3.8) is 0 Å². The predicted molar refractivity (Wildman–Crippen MR) is 126 cm³/mol. The molecule has 33 heavy (non-hydrogen) atoms. The number of ether oxygens (including phenoxy) is 1. The van der Waals surface area contributed by atoms with Gasteiger partial charge in [0.2, 0.25) is 5.91 Å². The van der Waals surface area contributed by atoms with Gasteiger partial charge in [0.05, 0.1) is 4.92 Å². The molecule has 0 radical (unpaired) electrons. The fourth-order valence-corrected chi connectivity index (χ4v) is 4.95. The SMILES string of the molecule is CN(CC1CCC(C(=O)N2CCC(c3ccc([N+](=O)[O-])cc3)CC2)CC1)C(=O)OC(C)(C)C. The first-order valence-corrected chi connectivity index (χ1v) is 12.0. The first-order chi connectivity index (χ1) is 15.5. The molecule has 1 heterocycles. The van der Waals surface area contributed by atoms with Crippen LogP contribution in [-0.4, -0.2) is 59.0 Å². The van der Waals surface area contributed by atoms with Gasteiger partial charge in [0.25, 0.3) is 5.69 Å². The second-order valence-electron chi connectivity index (χ2n) is 10.5. The number of rotatable bonds is 5. The third-order valence-corrected chi connectivity index (χ3v) is 6.82. The summed E-state index contributed by atoms with van der Waals surface area (Å²) in [7, 11) is 1.78. The number of benzene rings is 1. The highest BCUT2D eigenvalue weighted by molar-refractivity contribution is 5.79. The van der Waals surface area contributed by atoms with E-state index in [2.05, 4.69) is 0 Å². The van der Waals surface area contributed by atoms with Gasteiger partial charge in [-0.2, -0.15) is 0 Å². The van der Waals surface area contributed by atoms with Gasteiger partial charge in [-0.05, 0) is 76.7 Å². The van der Waals surface area contributed by atoms with Crippen LogP contribution in [0.2, 0.25) is 0 Å². The Balaban J connectivity index is 1.42. The number of nitrogens with zero attached hydrogens (tertiary/aromatic N) is 3. The Hall–Kier alpha value is -2.64. The van der Waals surface area contributed by atoms with Crippen LogP contribution < -0.4 is 0 Å². The number of likely N-dealkylation sites (tertiary alicyclic amines) is 1. The van der Waals surface area contributed by atoms with Crippen molar-refractivity contribution in [2.75, 3.05) is 26.7 Å². The predicted octanol–water partition coefficient (Wildman–Crippen LogP) is 4.97. The summed E-state index contributed by atoms with van der Waals surface area (Å²) in [4.78, 5) is 39.4. The lowest BCUT2D eigenvalue weighted by Gasteiger charge is -2.37. The average Bonchev–Trinajstić information content (AvgIpc) is 2.78. The monoisotopic (exact) mass is 459 g/mol. The third kappa shape index (κ3) is 6.92. The number of nitro groups is 1. The van der Waals surface area contributed by atoms with E-state index in [1.54, 1.807) is 24.1 Å². The number of carbonyl (C=O) groups excluding carboxylic acids is 2. The first kappa shape index (κ1) is 25.0. The van der Waals surface area contributed by atoms with Crippen molar-refractivity contribution in [1.29, 1.82) is 0 Å². The second-order valence-corrected chi connectivity index (χ2v) is 10.5. The Bertz CT molecular complexity index is 833. The molecule has 1 aliphatic carbocycles. The van der Waals surface area contributed by atoms with E-state index in [4.69, 9.17) is 4.74 Å². The molecule has 0 atom stereocenters. The third-order valence-electron chi connectivity index (χ3n) is 6.82. The van der Waals surface area contributed by atoms with Crippen LogP contribution in [0.1, 0.15) is 70.8 Å². The van der Waals surface area contributed by atoms with Crippen molar-refractivity contribution in [3.05, 3.63) is 39.9 Å². The average molecular weight is 460 g/mol. The highest BCUT2D eigenvalue weighted by atomic mass is 16.6. The topological polar surface area (TPSA) is 93.0 Å². The summed E-state index contributed by atoms with van der Waals surface area (Å²) in [6, 6.07) is 6.81. The molecule has 1 saturated heterocycles. The number of nitro benzene ring substituents is 1. The van der Waals surface area contributed by atoms with Crippen LogP contribution in [0.3, 0.4) is 0 Å². The molecular weight excluding hydrogens is 422 g/mol. The smallest absolute Gasteiger partial charge is 0.410 e. The van der Waals surface area contributed by atoms with Crippen LogP contribution in [0.15, 0.2) is 24.3 Å². The molecule has 1 aromatic rings. The Morgan fingerprint density at radius 1 is 1.06 bits per heavy atom. The van der Waals surface area contributed by atoms with Gasteiger partial charge in [-0.1, -0.05) is 12.1 Å². The van der Waals surface area contributed by atoms with E-state index < -0.39 is 5.60 Å². The quantitative estimate of drug-likeness (QED) is 0.458. The van der Waals surface area contributed by atoms with Gasteiger partial charge in [0, 0.05) is 44.7 Å². The van der Waals surface area contributed by atoms with E-state index in [0.29, 0.717) is 18.4 Å². The van der Waals surface area contributed by atoms with Gasteiger partial charge >= 0.3 is 6.09 Å². The molecule has 182 valence electrons. The maximum atomic E-state index is 13.1. The summed E-state index contributed by atoms with van der Waals surface area (Å²) < 4.78 is 5.43. The van der Waals surface area contributed by atoms with E-state index >= 15 is 0 Å². The Kier molecular flexibility index (Phi) is 7.97. The van der Waals surface area contributed by atoms with Crippen LogP contribution >= 0.6 is 0 Å². The highest BCUT2D eigenvalue weighted by Crippen LogP contribution is 2.34. The van der Waals surface area contributed by atoms with Gasteiger partial charge in [-0.25, -0.2) is 4.79 Å². The summed E-state index contributed by atoms with van der Waals surface area (Å²) in [5.74, 6) is 1.08. The fraction of sp³-hybridized carbons (Fsp3) is 0.680. The Morgan fingerprint density at radius 2 is 1.64 bits per heavy atom. The maximum Gasteiger partial charge on any atom is 0.410 e. The van der Waals surface area contributed by atoms with Gasteiger partial charge < -0.3 is 14.5 Å². The molecule has 2 fully saturated rings. The van der Waals surface area contributed by atoms with Gasteiger partial charge in [-0.15, -0.1) is 0 Å². The molecule has 0 aromatic heterocycles. The fourth-order valence-electron chi connectivity index (χ4n) is 4.95. The number of carbonyl (C=O) groups is 2. The summed E-state index contributed by atoms with van der Waals surface area (Å²) in [5, 5.41) is 10.8. The second kappa shape index (κ2) is 10.5. The number of hydrogen-bond donors (Lipinski definition) is 0. The van der Waals surface area contributed by atoms with Crippen molar-refractivity contribution < 1.29 is 19.2 Å². The van der Waals surface area contributed by atoms with Crippen molar-refractivity contribution in [2.45, 2.75) is 70.8 Å². The Morgan fingerprint density at radius 3 is 2.15 bits per heavy atom. The standard InChI is InChI=1S/C25H37N3O5/c1-25(2,3)33-24(30)26(4)17-18-5-7-21(8-6-18)23(29)27-15-13-20(14-16-27)19-9-11-22(12-10-19)28(31)32/h9-12,18,20-21H,5-8,13-17H2,1-4H3. The molecule has 0 N–H and O–H groups in total. The summed E-state index contributed by atoms with van der Waals surface area (Å²) in [6.07, 6.45) is 5.11. The van der Waals surface area contributed by atoms with E-state index in [-0.39, 0.29) is 28.5 Å². The summed E-state index contributed by atoms with van der Waals surface area (Å²) in [6.45, 7) is 7.74. The van der Waals surface area contributed by atoms with Crippen LogP contribution in [0, 0.1) is 22.0 Å². The van der Waals surface area contributed by atoms with Gasteiger partial charge in [0.1, 0.15) is 5.60 Å². The zero-order chi connectivity index (χ0) is 24.2. The number of amides is 2. The van der Waals surface area contributed by atoms with Gasteiger partial charge in [-0.3, -0.25) is 14.9 Å². The van der Waals surface area contributed by atoms with Gasteiger partial charge in [0.15, 0.2) is 0 Å². The van der Waals surface area contributed by atoms with E-state index in [9.17, 15) is 19.7 Å². The lowest BCUT2D eigenvalue weighted by molar-refractivity contribution is -0.384. The van der Waals surface area contributed by atoms with Crippen LogP contribution in [0.25, 0.3) is 0 Å². The zero-order valence-corrected chi connectivity index (χ0v) is 20.3. The largest absolute Gasteiger partial charge is 0.444 e. The molecule has 0 unspecified atom stereocenters. The number of non-ortho nitro benzene ring substituents is 1. The Labute approximate surface area is 196 Å². The lowest BCUT2D eigenvalue weighted by atomic mass is 9.80. The molecule has 8 heteroatoms. The first-order valence-electron chi connectivity index (χ1n) is 12.0. The van der Waals surface area contributed by atoms with Crippen molar-refractivity contribution in [3.8, 4) is 0 Å². The lowest BCUT2D eigenvalue weighted by Crippen LogP contribution is -2.43. The highest BCUT2D eigenvalue weighted by Gasteiger charge is 2.33.